The maximum Gasteiger partial charge on any atom is 0.109 e. The average molecular weight is 222 g/mol. The Kier molecular flexibility index (Phi) is 3.64. The van der Waals surface area contributed by atoms with Gasteiger partial charge in [-0.2, -0.15) is 0 Å². The van der Waals surface area contributed by atoms with Crippen LogP contribution in [0.15, 0.2) is 6.20 Å². The van der Waals surface area contributed by atoms with E-state index in [0.717, 1.165) is 23.4 Å². The molecule has 1 heterocycles. The molecule has 16 heavy (non-hydrogen) atoms. The highest BCUT2D eigenvalue weighted by molar-refractivity contribution is 5.05. The molecular weight excluding hydrogens is 200 g/mol. The summed E-state index contributed by atoms with van der Waals surface area (Å²) in [5, 5.41) is 8.99. The quantitative estimate of drug-likeness (QED) is 0.826. The third-order valence-electron chi connectivity index (χ3n) is 3.92. The van der Waals surface area contributed by atoms with Gasteiger partial charge in [-0.25, -0.2) is 4.98 Å². The number of hydrogen-bond donors (Lipinski definition) is 2. The third-order valence-corrected chi connectivity index (χ3v) is 3.92. The van der Waals surface area contributed by atoms with Gasteiger partial charge in [-0.05, 0) is 37.5 Å². The maximum atomic E-state index is 8.99. The maximum absolute atomic E-state index is 8.99. The minimum Gasteiger partial charge on any atom is -0.390 e. The summed E-state index contributed by atoms with van der Waals surface area (Å²) in [4.78, 5) is 7.58. The number of aliphatic hydroxyl groups excluding tert-OH is 1. The molecule has 2 N–H and O–H groups in total. The summed E-state index contributed by atoms with van der Waals surface area (Å²) in [7, 11) is 0. The topological polar surface area (TPSA) is 48.9 Å². The van der Waals surface area contributed by atoms with Crippen molar-refractivity contribution < 1.29 is 5.11 Å². The van der Waals surface area contributed by atoms with Gasteiger partial charge in [0.05, 0.1) is 18.5 Å². The van der Waals surface area contributed by atoms with E-state index in [1.54, 1.807) is 6.20 Å². The molecule has 3 heteroatoms. The molecule has 0 amide bonds. The van der Waals surface area contributed by atoms with Crippen LogP contribution in [0.5, 0.6) is 0 Å². The minimum absolute atomic E-state index is 0.0638. The highest BCUT2D eigenvalue weighted by Gasteiger charge is 2.25. The molecule has 1 fully saturated rings. The van der Waals surface area contributed by atoms with Gasteiger partial charge in [0.1, 0.15) is 5.82 Å². The molecule has 0 unspecified atom stereocenters. The van der Waals surface area contributed by atoms with Crippen LogP contribution in [0.25, 0.3) is 0 Å². The Bertz CT molecular complexity index is 324. The highest BCUT2D eigenvalue weighted by Crippen LogP contribution is 2.37. The number of aromatic amines is 1. The molecule has 0 spiro atoms. The average Bonchev–Trinajstić information content (AvgIpc) is 2.77. The number of hydrogen-bond acceptors (Lipinski definition) is 2. The Morgan fingerprint density at radius 3 is 2.56 bits per heavy atom. The predicted molar refractivity (Wildman–Crippen MR) is 64.0 cm³/mol. The van der Waals surface area contributed by atoms with Crippen molar-refractivity contribution in [2.45, 2.75) is 52.1 Å². The summed E-state index contributed by atoms with van der Waals surface area (Å²) < 4.78 is 0. The van der Waals surface area contributed by atoms with E-state index in [1.165, 1.54) is 25.7 Å². The van der Waals surface area contributed by atoms with E-state index in [0.29, 0.717) is 5.92 Å². The van der Waals surface area contributed by atoms with Crippen LogP contribution >= 0.6 is 0 Å². The van der Waals surface area contributed by atoms with Crippen molar-refractivity contribution in [2.75, 3.05) is 0 Å². The Balaban J connectivity index is 1.93. The van der Waals surface area contributed by atoms with Crippen molar-refractivity contribution in [1.82, 2.24) is 9.97 Å². The molecule has 90 valence electrons. The Hall–Kier alpha value is -0.830. The molecule has 1 saturated carbocycles. The lowest BCUT2D eigenvalue weighted by atomic mass is 9.77. The second-order valence-electron chi connectivity index (χ2n) is 5.31. The molecule has 0 radical (unpaired) electrons. The molecule has 3 nitrogen and oxygen atoms in total. The van der Waals surface area contributed by atoms with E-state index in [4.69, 9.17) is 5.11 Å². The summed E-state index contributed by atoms with van der Waals surface area (Å²) in [6.45, 7) is 4.71. The largest absolute Gasteiger partial charge is 0.390 e. The number of aliphatic hydroxyl groups is 1. The van der Waals surface area contributed by atoms with Crippen LogP contribution in [-0.2, 0) is 6.61 Å². The van der Waals surface area contributed by atoms with Gasteiger partial charge in [0.25, 0.3) is 0 Å². The second kappa shape index (κ2) is 5.00. The van der Waals surface area contributed by atoms with E-state index in [9.17, 15) is 0 Å². The molecule has 0 atom stereocenters. The first kappa shape index (κ1) is 11.6. The van der Waals surface area contributed by atoms with Crippen LogP contribution in [0.1, 0.15) is 57.0 Å². The van der Waals surface area contributed by atoms with Crippen LogP contribution in [0.4, 0.5) is 0 Å². The molecule has 2 rings (SSSR count). The number of rotatable bonds is 3. The van der Waals surface area contributed by atoms with E-state index in [-0.39, 0.29) is 6.61 Å². The first-order valence-electron chi connectivity index (χ1n) is 6.35. The molecule has 0 bridgehead atoms. The van der Waals surface area contributed by atoms with E-state index in [1.807, 2.05) is 0 Å². The minimum atomic E-state index is 0.0638. The lowest BCUT2D eigenvalue weighted by molar-refractivity contribution is 0.254. The molecule has 1 aliphatic carbocycles. The summed E-state index contributed by atoms with van der Waals surface area (Å²) in [6.07, 6.45) is 6.86. The number of imidazole rings is 1. The van der Waals surface area contributed by atoms with Crippen LogP contribution in [0, 0.1) is 11.8 Å². The Morgan fingerprint density at radius 1 is 1.38 bits per heavy atom. The fraction of sp³-hybridized carbons (Fsp3) is 0.769. The van der Waals surface area contributed by atoms with Crippen molar-refractivity contribution in [3.8, 4) is 0 Å². The molecule has 0 aliphatic heterocycles. The standard InChI is InChI=1S/C13H22N2O/c1-9(2)10-3-5-11(6-4-10)13-14-7-12(8-16)15-13/h7,9-11,16H,3-6,8H2,1-2H3,(H,14,15). The van der Waals surface area contributed by atoms with Gasteiger partial charge in [0, 0.05) is 5.92 Å². The second-order valence-corrected chi connectivity index (χ2v) is 5.31. The van der Waals surface area contributed by atoms with Crippen molar-refractivity contribution in [3.63, 3.8) is 0 Å². The van der Waals surface area contributed by atoms with Crippen molar-refractivity contribution in [3.05, 3.63) is 17.7 Å². The summed E-state index contributed by atoms with van der Waals surface area (Å²) in [6, 6.07) is 0. The number of aromatic nitrogens is 2. The molecular formula is C13H22N2O. The molecule has 0 saturated heterocycles. The number of H-pyrrole nitrogens is 1. The van der Waals surface area contributed by atoms with Crippen LogP contribution < -0.4 is 0 Å². The molecule has 1 aromatic heterocycles. The van der Waals surface area contributed by atoms with Gasteiger partial charge in [-0.3, -0.25) is 0 Å². The van der Waals surface area contributed by atoms with Crippen LogP contribution in [0.2, 0.25) is 0 Å². The van der Waals surface area contributed by atoms with Gasteiger partial charge in [-0.1, -0.05) is 13.8 Å². The Morgan fingerprint density at radius 2 is 2.06 bits per heavy atom. The summed E-state index contributed by atoms with van der Waals surface area (Å²) in [5.74, 6) is 3.36. The van der Waals surface area contributed by atoms with Gasteiger partial charge in [-0.15, -0.1) is 0 Å². The van der Waals surface area contributed by atoms with Gasteiger partial charge in [0.2, 0.25) is 0 Å². The van der Waals surface area contributed by atoms with Gasteiger partial charge < -0.3 is 10.1 Å². The number of nitrogens with zero attached hydrogens (tertiary/aromatic N) is 1. The van der Waals surface area contributed by atoms with Crippen LogP contribution in [0.3, 0.4) is 0 Å². The third kappa shape index (κ3) is 2.46. The van der Waals surface area contributed by atoms with E-state index < -0.39 is 0 Å². The number of nitrogens with one attached hydrogen (secondary N) is 1. The molecule has 0 aromatic carbocycles. The van der Waals surface area contributed by atoms with E-state index in [2.05, 4.69) is 23.8 Å². The van der Waals surface area contributed by atoms with Crippen molar-refractivity contribution in [1.29, 1.82) is 0 Å². The zero-order chi connectivity index (χ0) is 11.5. The van der Waals surface area contributed by atoms with Gasteiger partial charge in [0.15, 0.2) is 0 Å². The van der Waals surface area contributed by atoms with E-state index >= 15 is 0 Å². The summed E-state index contributed by atoms with van der Waals surface area (Å²) >= 11 is 0. The van der Waals surface area contributed by atoms with Crippen LogP contribution in [-0.4, -0.2) is 15.1 Å². The predicted octanol–water partition coefficient (Wildman–Crippen LogP) is 2.83. The zero-order valence-electron chi connectivity index (χ0n) is 10.2. The fourth-order valence-electron chi connectivity index (χ4n) is 2.72. The monoisotopic (exact) mass is 222 g/mol. The zero-order valence-corrected chi connectivity index (χ0v) is 10.2. The molecule has 1 aromatic rings. The lowest BCUT2D eigenvalue weighted by Crippen LogP contribution is -2.18. The smallest absolute Gasteiger partial charge is 0.109 e. The first-order valence-corrected chi connectivity index (χ1v) is 6.35. The fourth-order valence-corrected chi connectivity index (χ4v) is 2.72. The van der Waals surface area contributed by atoms with Crippen molar-refractivity contribution in [2.24, 2.45) is 11.8 Å². The van der Waals surface area contributed by atoms with Gasteiger partial charge >= 0.3 is 0 Å². The SMILES string of the molecule is CC(C)C1CCC(c2ncc(CO)[nH]2)CC1. The summed E-state index contributed by atoms with van der Waals surface area (Å²) in [5.41, 5.74) is 0.834. The normalized spacial score (nSPS) is 26.2. The van der Waals surface area contributed by atoms with Crippen molar-refractivity contribution >= 4 is 0 Å². The lowest BCUT2D eigenvalue weighted by Gasteiger charge is -2.29. The Labute approximate surface area is 97.3 Å². The first-order chi connectivity index (χ1) is 7.70. The highest BCUT2D eigenvalue weighted by atomic mass is 16.3. The molecule has 1 aliphatic rings.